The maximum Gasteiger partial charge on any atom is 0.240 e. The van der Waals surface area contributed by atoms with E-state index in [-0.39, 0.29) is 22.7 Å². The number of halogens is 1. The lowest BCUT2D eigenvalue weighted by Crippen LogP contribution is -2.26. The Bertz CT molecular complexity index is 1040. The molecular weight excluding hydrogens is 379 g/mol. The molecule has 2 aromatic carbocycles. The van der Waals surface area contributed by atoms with Gasteiger partial charge in [0.05, 0.1) is 4.90 Å². The highest BCUT2D eigenvalue weighted by atomic mass is 32.2. The molecule has 148 valence electrons. The molecular formula is C20H23FN4O2S. The van der Waals surface area contributed by atoms with E-state index in [1.807, 2.05) is 12.1 Å². The van der Waals surface area contributed by atoms with Gasteiger partial charge in [-0.3, -0.25) is 5.10 Å². The summed E-state index contributed by atoms with van der Waals surface area (Å²) >= 11 is 0. The summed E-state index contributed by atoms with van der Waals surface area (Å²) in [5, 5.41) is 6.87. The SMILES string of the molecule is CC(C)(C)c1ccc(S(=O)(=O)NCCc2nc(-c3ccc(F)cc3)n[nH]2)cc1. The highest BCUT2D eigenvalue weighted by molar-refractivity contribution is 7.89. The zero-order valence-corrected chi connectivity index (χ0v) is 16.8. The van der Waals surface area contributed by atoms with E-state index in [1.54, 1.807) is 24.3 Å². The van der Waals surface area contributed by atoms with E-state index < -0.39 is 10.0 Å². The van der Waals surface area contributed by atoms with Crippen molar-refractivity contribution in [1.82, 2.24) is 19.9 Å². The zero-order valence-electron chi connectivity index (χ0n) is 16.0. The van der Waals surface area contributed by atoms with Crippen molar-refractivity contribution >= 4 is 10.0 Å². The molecule has 2 N–H and O–H groups in total. The number of aromatic amines is 1. The fourth-order valence-corrected chi connectivity index (χ4v) is 3.69. The Kier molecular flexibility index (Phi) is 5.62. The molecule has 0 aliphatic heterocycles. The minimum absolute atomic E-state index is 0.0375. The van der Waals surface area contributed by atoms with Crippen LogP contribution < -0.4 is 4.72 Å². The molecule has 0 saturated heterocycles. The fraction of sp³-hybridized carbons (Fsp3) is 0.300. The molecule has 3 rings (SSSR count). The van der Waals surface area contributed by atoms with Crippen LogP contribution in [0.4, 0.5) is 4.39 Å². The Morgan fingerprint density at radius 2 is 1.68 bits per heavy atom. The van der Waals surface area contributed by atoms with Crippen LogP contribution >= 0.6 is 0 Å². The third kappa shape index (κ3) is 4.82. The van der Waals surface area contributed by atoms with Crippen molar-refractivity contribution in [2.75, 3.05) is 6.54 Å². The van der Waals surface area contributed by atoms with Crippen LogP contribution in [0.2, 0.25) is 0 Å². The van der Waals surface area contributed by atoms with E-state index in [4.69, 9.17) is 0 Å². The highest BCUT2D eigenvalue weighted by Crippen LogP contribution is 2.23. The molecule has 6 nitrogen and oxygen atoms in total. The smallest absolute Gasteiger partial charge is 0.240 e. The van der Waals surface area contributed by atoms with E-state index in [0.717, 1.165) is 5.56 Å². The first-order valence-electron chi connectivity index (χ1n) is 8.92. The van der Waals surface area contributed by atoms with Crippen LogP contribution in [0.5, 0.6) is 0 Å². The van der Waals surface area contributed by atoms with Crippen LogP contribution in [0, 0.1) is 5.82 Å². The molecule has 0 atom stereocenters. The van der Waals surface area contributed by atoms with Crippen LogP contribution in [0.1, 0.15) is 32.2 Å². The summed E-state index contributed by atoms with van der Waals surface area (Å²) in [6, 6.07) is 12.8. The molecule has 3 aromatic rings. The van der Waals surface area contributed by atoms with Gasteiger partial charge >= 0.3 is 0 Å². The van der Waals surface area contributed by atoms with E-state index >= 15 is 0 Å². The van der Waals surface area contributed by atoms with Gasteiger partial charge < -0.3 is 0 Å². The first kappa shape index (κ1) is 20.2. The standard InChI is InChI=1S/C20H23FN4O2S/c1-20(2,3)15-6-10-17(11-7-15)28(26,27)22-13-12-18-23-19(25-24-18)14-4-8-16(21)9-5-14/h4-11,22H,12-13H2,1-3H3,(H,23,24,25). The molecule has 0 amide bonds. The lowest BCUT2D eigenvalue weighted by Gasteiger charge is -2.19. The minimum Gasteiger partial charge on any atom is -0.263 e. The van der Waals surface area contributed by atoms with E-state index in [1.165, 1.54) is 12.1 Å². The molecule has 0 fully saturated rings. The summed E-state index contributed by atoms with van der Waals surface area (Å²) in [6.07, 6.45) is 0.355. The van der Waals surface area contributed by atoms with Gasteiger partial charge in [-0.05, 0) is 47.4 Å². The average Bonchev–Trinajstić information content (AvgIpc) is 3.10. The fourth-order valence-electron chi connectivity index (χ4n) is 2.66. The lowest BCUT2D eigenvalue weighted by molar-refractivity contribution is 0.578. The third-order valence-electron chi connectivity index (χ3n) is 4.32. The van der Waals surface area contributed by atoms with Gasteiger partial charge in [0.2, 0.25) is 10.0 Å². The second-order valence-electron chi connectivity index (χ2n) is 7.53. The summed E-state index contributed by atoms with van der Waals surface area (Å²) < 4.78 is 40.5. The minimum atomic E-state index is -3.60. The Morgan fingerprint density at radius 1 is 1.04 bits per heavy atom. The molecule has 0 radical (unpaired) electrons. The van der Waals surface area contributed by atoms with Gasteiger partial charge in [-0.1, -0.05) is 32.9 Å². The number of H-pyrrole nitrogens is 1. The number of rotatable bonds is 6. The van der Waals surface area contributed by atoms with Crippen molar-refractivity contribution in [3.63, 3.8) is 0 Å². The van der Waals surface area contributed by atoms with Gasteiger partial charge in [0.15, 0.2) is 5.82 Å². The summed E-state index contributed by atoms with van der Waals surface area (Å²) in [4.78, 5) is 4.54. The predicted molar refractivity (Wildman–Crippen MR) is 106 cm³/mol. The van der Waals surface area contributed by atoms with Crippen LogP contribution in [-0.2, 0) is 21.9 Å². The molecule has 1 heterocycles. The van der Waals surface area contributed by atoms with Gasteiger partial charge in [-0.2, -0.15) is 5.10 Å². The quantitative estimate of drug-likeness (QED) is 0.661. The number of nitrogens with zero attached hydrogens (tertiary/aromatic N) is 2. The van der Waals surface area contributed by atoms with Crippen LogP contribution in [-0.4, -0.2) is 30.1 Å². The molecule has 0 aliphatic carbocycles. The first-order valence-corrected chi connectivity index (χ1v) is 10.4. The van der Waals surface area contributed by atoms with Crippen molar-refractivity contribution in [3.05, 3.63) is 65.7 Å². The molecule has 0 aliphatic rings. The number of hydrogen-bond acceptors (Lipinski definition) is 4. The molecule has 0 spiro atoms. The molecule has 28 heavy (non-hydrogen) atoms. The van der Waals surface area contributed by atoms with Gasteiger partial charge in [-0.25, -0.2) is 22.5 Å². The second-order valence-corrected chi connectivity index (χ2v) is 9.30. The van der Waals surface area contributed by atoms with Crippen LogP contribution in [0.25, 0.3) is 11.4 Å². The largest absolute Gasteiger partial charge is 0.263 e. The van der Waals surface area contributed by atoms with Crippen LogP contribution in [0.3, 0.4) is 0 Å². The Hall–Kier alpha value is -2.58. The molecule has 0 unspecified atom stereocenters. The number of nitrogens with one attached hydrogen (secondary N) is 2. The Morgan fingerprint density at radius 3 is 2.29 bits per heavy atom. The number of hydrogen-bond donors (Lipinski definition) is 2. The Balaban J connectivity index is 1.60. The third-order valence-corrected chi connectivity index (χ3v) is 5.80. The van der Waals surface area contributed by atoms with E-state index in [2.05, 4.69) is 40.7 Å². The Labute approximate surface area is 164 Å². The maximum absolute atomic E-state index is 13.0. The van der Waals surface area contributed by atoms with Crippen molar-refractivity contribution in [2.45, 2.75) is 37.5 Å². The number of sulfonamides is 1. The molecule has 1 aromatic heterocycles. The van der Waals surface area contributed by atoms with Crippen molar-refractivity contribution < 1.29 is 12.8 Å². The second kappa shape index (κ2) is 7.81. The van der Waals surface area contributed by atoms with Gasteiger partial charge in [0.25, 0.3) is 0 Å². The summed E-state index contributed by atoms with van der Waals surface area (Å²) in [5.74, 6) is 0.658. The summed E-state index contributed by atoms with van der Waals surface area (Å²) in [6.45, 7) is 6.41. The zero-order chi connectivity index (χ0) is 20.4. The number of aromatic nitrogens is 3. The van der Waals surface area contributed by atoms with Crippen LogP contribution in [0.15, 0.2) is 53.4 Å². The molecule has 0 saturated carbocycles. The van der Waals surface area contributed by atoms with Gasteiger partial charge in [0, 0.05) is 18.5 Å². The monoisotopic (exact) mass is 402 g/mol. The van der Waals surface area contributed by atoms with Gasteiger partial charge in [-0.15, -0.1) is 0 Å². The van der Waals surface area contributed by atoms with Crippen molar-refractivity contribution in [1.29, 1.82) is 0 Å². The van der Waals surface area contributed by atoms with Crippen molar-refractivity contribution in [3.8, 4) is 11.4 Å². The summed E-state index contributed by atoms with van der Waals surface area (Å²) in [7, 11) is -3.60. The maximum atomic E-state index is 13.0. The first-order chi connectivity index (χ1) is 13.1. The lowest BCUT2D eigenvalue weighted by atomic mass is 9.87. The van der Waals surface area contributed by atoms with E-state index in [0.29, 0.717) is 23.6 Å². The molecule has 0 bridgehead atoms. The van der Waals surface area contributed by atoms with E-state index in [9.17, 15) is 12.8 Å². The van der Waals surface area contributed by atoms with Crippen molar-refractivity contribution in [2.24, 2.45) is 0 Å². The predicted octanol–water partition coefficient (Wildman–Crippen LogP) is 3.43. The number of benzene rings is 2. The average molecular weight is 402 g/mol. The normalized spacial score (nSPS) is 12.3. The van der Waals surface area contributed by atoms with Gasteiger partial charge in [0.1, 0.15) is 11.6 Å². The molecule has 8 heteroatoms. The topological polar surface area (TPSA) is 87.7 Å². The highest BCUT2D eigenvalue weighted by Gasteiger charge is 2.17. The summed E-state index contributed by atoms with van der Waals surface area (Å²) in [5.41, 5.74) is 1.72.